The minimum absolute atomic E-state index is 1.24. The molecule has 0 amide bonds. The fourth-order valence-electron chi connectivity index (χ4n) is 6.15. The molecule has 0 bridgehead atoms. The minimum Gasteiger partial charge on any atom is -0.129 e. The molecule has 6 rings (SSSR count). The summed E-state index contributed by atoms with van der Waals surface area (Å²) in [5.41, 5.74) is 0. The Bertz CT molecular complexity index is 1640. The van der Waals surface area contributed by atoms with Gasteiger partial charge in [0.15, 0.2) is 0 Å². The van der Waals surface area contributed by atoms with Gasteiger partial charge in [0, 0.05) is 9.40 Å². The normalized spacial score (nSPS) is 12.1. The first kappa shape index (κ1) is 30.3. The maximum Gasteiger partial charge on any atom is 0.0611 e. The molecule has 0 aliphatic carbocycles. The van der Waals surface area contributed by atoms with E-state index in [9.17, 15) is 0 Å². The van der Waals surface area contributed by atoms with Crippen LogP contribution in [0.5, 0.6) is 0 Å². The summed E-state index contributed by atoms with van der Waals surface area (Å²) in [7, 11) is 0. The summed E-state index contributed by atoms with van der Waals surface area (Å²) in [6.45, 7) is 4.58. The van der Waals surface area contributed by atoms with E-state index in [1.54, 1.807) is 0 Å². The number of benzene rings is 4. The van der Waals surface area contributed by atoms with E-state index < -0.39 is 0 Å². The highest BCUT2D eigenvalue weighted by Gasteiger charge is 2.11. The SMILES string of the molecule is CCCCCCCCSc1cc2cc3c(ccc4c5cc6cc(SCCCCCCCC)sc6cc5ccc34)cc2s1. The summed E-state index contributed by atoms with van der Waals surface area (Å²) in [5, 5.41) is 11.0. The zero-order valence-corrected chi connectivity index (χ0v) is 28.6. The van der Waals surface area contributed by atoms with Gasteiger partial charge in [0.1, 0.15) is 0 Å². The molecule has 0 atom stereocenters. The van der Waals surface area contributed by atoms with Crippen molar-refractivity contribution in [1.82, 2.24) is 0 Å². The van der Waals surface area contributed by atoms with Crippen LogP contribution in [0.3, 0.4) is 0 Å². The molecule has 2 aromatic heterocycles. The first-order chi connectivity index (χ1) is 20.7. The van der Waals surface area contributed by atoms with Gasteiger partial charge >= 0.3 is 0 Å². The van der Waals surface area contributed by atoms with Gasteiger partial charge in [-0.2, -0.15) is 0 Å². The van der Waals surface area contributed by atoms with Crippen molar-refractivity contribution < 1.29 is 0 Å². The van der Waals surface area contributed by atoms with E-state index in [1.807, 2.05) is 22.7 Å². The fraction of sp³-hybridized carbons (Fsp3) is 0.421. The van der Waals surface area contributed by atoms with E-state index in [1.165, 1.54) is 149 Å². The van der Waals surface area contributed by atoms with Gasteiger partial charge in [-0.15, -0.1) is 46.2 Å². The molecule has 6 aromatic rings. The molecule has 4 heteroatoms. The maximum absolute atomic E-state index is 2.45. The van der Waals surface area contributed by atoms with Crippen LogP contribution in [0.15, 0.2) is 69.1 Å². The lowest BCUT2D eigenvalue weighted by Crippen LogP contribution is -1.81. The molecule has 0 saturated carbocycles. The first-order valence-corrected chi connectivity index (χ1v) is 19.9. The molecule has 4 aromatic carbocycles. The van der Waals surface area contributed by atoms with Crippen LogP contribution >= 0.6 is 46.2 Å². The Hall–Kier alpha value is -1.72. The smallest absolute Gasteiger partial charge is 0.0611 e. The quantitative estimate of drug-likeness (QED) is 0.0594. The molecule has 42 heavy (non-hydrogen) atoms. The van der Waals surface area contributed by atoms with Gasteiger partial charge < -0.3 is 0 Å². The van der Waals surface area contributed by atoms with Gasteiger partial charge in [0.05, 0.1) is 8.42 Å². The van der Waals surface area contributed by atoms with E-state index in [-0.39, 0.29) is 0 Å². The van der Waals surface area contributed by atoms with Gasteiger partial charge in [-0.05, 0) is 104 Å². The van der Waals surface area contributed by atoms with Crippen molar-refractivity contribution in [3.63, 3.8) is 0 Å². The fourth-order valence-corrected chi connectivity index (χ4v) is 10.8. The second kappa shape index (κ2) is 14.8. The third kappa shape index (κ3) is 7.15. The van der Waals surface area contributed by atoms with Crippen LogP contribution in [0.4, 0.5) is 0 Å². The molecular weight excluding hydrogens is 585 g/mol. The van der Waals surface area contributed by atoms with Crippen molar-refractivity contribution in [2.45, 2.75) is 99.3 Å². The highest BCUT2D eigenvalue weighted by atomic mass is 32.2. The molecule has 0 radical (unpaired) electrons. The molecule has 0 aliphatic rings. The number of hydrogen-bond donors (Lipinski definition) is 0. The van der Waals surface area contributed by atoms with Crippen molar-refractivity contribution >= 4 is 98.7 Å². The average Bonchev–Trinajstić information content (AvgIpc) is 3.59. The van der Waals surface area contributed by atoms with Crippen LogP contribution in [-0.4, -0.2) is 11.5 Å². The van der Waals surface area contributed by atoms with Gasteiger partial charge in [0.25, 0.3) is 0 Å². The van der Waals surface area contributed by atoms with Crippen molar-refractivity contribution in [3.8, 4) is 0 Å². The molecule has 0 unspecified atom stereocenters. The van der Waals surface area contributed by atoms with Crippen molar-refractivity contribution in [2.24, 2.45) is 0 Å². The van der Waals surface area contributed by atoms with Crippen LogP contribution in [0.25, 0.3) is 52.5 Å². The van der Waals surface area contributed by atoms with Crippen LogP contribution < -0.4 is 0 Å². The van der Waals surface area contributed by atoms with Gasteiger partial charge in [-0.25, -0.2) is 0 Å². The van der Waals surface area contributed by atoms with Gasteiger partial charge in [-0.3, -0.25) is 0 Å². The van der Waals surface area contributed by atoms with Crippen molar-refractivity contribution in [3.05, 3.63) is 60.7 Å². The average molecular weight is 629 g/mol. The lowest BCUT2D eigenvalue weighted by atomic mass is 9.96. The van der Waals surface area contributed by atoms with Crippen molar-refractivity contribution in [1.29, 1.82) is 0 Å². The predicted octanol–water partition coefficient (Wildman–Crippen LogP) is 14.5. The van der Waals surface area contributed by atoms with Gasteiger partial charge in [0.2, 0.25) is 0 Å². The number of thioether (sulfide) groups is 2. The summed E-state index contributed by atoms with van der Waals surface area (Å²) in [4.78, 5) is 0. The maximum atomic E-state index is 2.45. The zero-order chi connectivity index (χ0) is 28.7. The summed E-state index contributed by atoms with van der Waals surface area (Å²) in [6.07, 6.45) is 16.4. The summed E-state index contributed by atoms with van der Waals surface area (Å²) >= 11 is 8.04. The van der Waals surface area contributed by atoms with E-state index in [4.69, 9.17) is 0 Å². The Morgan fingerprint density at radius 2 is 0.857 bits per heavy atom. The number of unbranched alkanes of at least 4 members (excludes halogenated alkanes) is 10. The number of fused-ring (bicyclic) bond motifs is 7. The Balaban J connectivity index is 1.20. The van der Waals surface area contributed by atoms with Crippen molar-refractivity contribution in [2.75, 3.05) is 11.5 Å². The third-order valence-electron chi connectivity index (χ3n) is 8.55. The summed E-state index contributed by atoms with van der Waals surface area (Å²) < 4.78 is 5.76. The molecule has 0 spiro atoms. The van der Waals surface area contributed by atoms with Crippen LogP contribution in [0.1, 0.15) is 90.9 Å². The highest BCUT2D eigenvalue weighted by molar-refractivity contribution is 8.01. The van der Waals surface area contributed by atoms with E-state index in [0.717, 1.165) is 0 Å². The molecule has 2 heterocycles. The monoisotopic (exact) mass is 628 g/mol. The number of thiophene rings is 2. The molecular formula is C38H44S4. The summed E-state index contributed by atoms with van der Waals surface area (Å²) in [6, 6.07) is 24.0. The standard InChI is InChI=1S/C38H44S4/c1-3-5-7-9-11-13-19-39-37-25-29-21-33-27(23-35(29)41-37)15-17-32-31(33)18-16-28-24-36-30(22-34(28)32)26-38(42-36)40-20-14-12-10-8-6-4-2/h15-18,21-26H,3-14,19-20H2,1-2H3. The molecule has 0 saturated heterocycles. The molecule has 0 N–H and O–H groups in total. The minimum atomic E-state index is 1.24. The molecule has 220 valence electrons. The largest absolute Gasteiger partial charge is 0.129 e. The number of hydrogen-bond acceptors (Lipinski definition) is 4. The number of rotatable bonds is 16. The highest BCUT2D eigenvalue weighted by Crippen LogP contribution is 2.41. The van der Waals surface area contributed by atoms with E-state index in [2.05, 4.69) is 98.0 Å². The lowest BCUT2D eigenvalue weighted by molar-refractivity contribution is 0.627. The van der Waals surface area contributed by atoms with E-state index in [0.29, 0.717) is 0 Å². The van der Waals surface area contributed by atoms with E-state index >= 15 is 0 Å². The second-order valence-electron chi connectivity index (χ2n) is 11.8. The van der Waals surface area contributed by atoms with Crippen LogP contribution in [0.2, 0.25) is 0 Å². The Morgan fingerprint density at radius 3 is 1.31 bits per heavy atom. The van der Waals surface area contributed by atoms with Crippen LogP contribution in [-0.2, 0) is 0 Å². The zero-order valence-electron chi connectivity index (χ0n) is 25.3. The van der Waals surface area contributed by atoms with Gasteiger partial charge in [-0.1, -0.05) is 102 Å². The third-order valence-corrected chi connectivity index (χ3v) is 13.3. The first-order valence-electron chi connectivity index (χ1n) is 16.3. The second-order valence-corrected chi connectivity index (χ2v) is 16.8. The summed E-state index contributed by atoms with van der Waals surface area (Å²) in [5.74, 6) is 2.48. The molecule has 0 nitrogen and oxygen atoms in total. The lowest BCUT2D eigenvalue weighted by Gasteiger charge is -2.08. The predicted molar refractivity (Wildman–Crippen MR) is 198 cm³/mol. The Kier molecular flexibility index (Phi) is 10.7. The Morgan fingerprint density at radius 1 is 0.429 bits per heavy atom. The van der Waals surface area contributed by atoms with Crippen LogP contribution in [0, 0.1) is 0 Å². The Labute approximate surface area is 268 Å². The molecule has 0 aliphatic heterocycles. The molecule has 0 fully saturated rings. The topological polar surface area (TPSA) is 0 Å².